The van der Waals surface area contributed by atoms with E-state index in [1.807, 2.05) is 31.3 Å². The van der Waals surface area contributed by atoms with Gasteiger partial charge in [0.2, 0.25) is 0 Å². The van der Waals surface area contributed by atoms with Crippen molar-refractivity contribution in [1.29, 1.82) is 0 Å². The fourth-order valence-corrected chi connectivity index (χ4v) is 2.35. The summed E-state index contributed by atoms with van der Waals surface area (Å²) in [5.41, 5.74) is 8.07. The Hall–Kier alpha value is -1.45. The predicted molar refractivity (Wildman–Crippen MR) is 79.0 cm³/mol. The molecule has 3 heteroatoms. The van der Waals surface area contributed by atoms with Crippen molar-refractivity contribution in [3.63, 3.8) is 0 Å². The van der Waals surface area contributed by atoms with Gasteiger partial charge in [0.25, 0.3) is 0 Å². The molecule has 0 saturated carbocycles. The quantitative estimate of drug-likeness (QED) is 0.893. The number of pyridine rings is 1. The van der Waals surface area contributed by atoms with Crippen LogP contribution in [0.4, 0.5) is 0 Å². The Balaban J connectivity index is 2.37. The highest BCUT2D eigenvalue weighted by Gasteiger charge is 2.31. The first-order valence-corrected chi connectivity index (χ1v) is 6.85. The lowest BCUT2D eigenvalue weighted by Crippen LogP contribution is -2.40. The van der Waals surface area contributed by atoms with Crippen LogP contribution in [-0.4, -0.2) is 17.2 Å². The molecule has 2 atom stereocenters. The summed E-state index contributed by atoms with van der Waals surface area (Å²) in [6.45, 7) is 6.83. The van der Waals surface area contributed by atoms with Gasteiger partial charge in [-0.05, 0) is 38.0 Å². The maximum atomic E-state index is 6.40. The van der Waals surface area contributed by atoms with E-state index < -0.39 is 0 Å². The lowest BCUT2D eigenvalue weighted by atomic mass is 9.88. The predicted octanol–water partition coefficient (Wildman–Crippen LogP) is 3.44. The normalized spacial score (nSPS) is 16.2. The highest BCUT2D eigenvalue weighted by molar-refractivity contribution is 5.78. The number of hydrogen-bond donors (Lipinski definition) is 1. The van der Waals surface area contributed by atoms with Crippen LogP contribution in [0, 0.1) is 0 Å². The van der Waals surface area contributed by atoms with Crippen molar-refractivity contribution >= 4 is 10.9 Å². The highest BCUT2D eigenvalue weighted by atomic mass is 16.5. The third kappa shape index (κ3) is 2.77. The molecule has 2 N–H and O–H groups in total. The van der Waals surface area contributed by atoms with E-state index in [1.165, 1.54) is 0 Å². The van der Waals surface area contributed by atoms with E-state index in [9.17, 15) is 0 Å². The van der Waals surface area contributed by atoms with Crippen molar-refractivity contribution < 1.29 is 4.74 Å². The number of nitrogens with two attached hydrogens (primary N) is 1. The number of benzene rings is 1. The minimum atomic E-state index is -0.348. The average molecular weight is 258 g/mol. The molecule has 1 aromatic heterocycles. The van der Waals surface area contributed by atoms with Gasteiger partial charge in [0.05, 0.1) is 17.2 Å². The van der Waals surface area contributed by atoms with Gasteiger partial charge in [-0.3, -0.25) is 4.98 Å². The highest BCUT2D eigenvalue weighted by Crippen LogP contribution is 2.30. The number of para-hydroxylation sites is 1. The molecule has 102 valence electrons. The van der Waals surface area contributed by atoms with Crippen molar-refractivity contribution in [1.82, 2.24) is 4.98 Å². The third-order valence-corrected chi connectivity index (χ3v) is 3.80. The molecule has 0 aliphatic rings. The molecule has 0 radical (unpaired) electrons. The summed E-state index contributed by atoms with van der Waals surface area (Å²) in [6.07, 6.45) is 2.73. The molecule has 0 aliphatic heterocycles. The Morgan fingerprint density at radius 1 is 1.32 bits per heavy atom. The van der Waals surface area contributed by atoms with E-state index >= 15 is 0 Å². The van der Waals surface area contributed by atoms with Gasteiger partial charge in [-0.1, -0.05) is 25.1 Å². The maximum Gasteiger partial charge on any atom is 0.0844 e. The molecule has 2 rings (SSSR count). The topological polar surface area (TPSA) is 48.1 Å². The zero-order valence-corrected chi connectivity index (χ0v) is 11.9. The Morgan fingerprint density at radius 3 is 2.74 bits per heavy atom. The Labute approximate surface area is 114 Å². The standard InChI is InChI=1S/C16H22N2O/c1-4-16(3,19-5-2)15(17)13-10-12-8-6-7-9-14(12)18-11-13/h6-11,15H,4-5,17H2,1-3H3. The molecule has 1 aromatic carbocycles. The summed E-state index contributed by atoms with van der Waals surface area (Å²) in [7, 11) is 0. The summed E-state index contributed by atoms with van der Waals surface area (Å²) in [5, 5.41) is 1.12. The fraction of sp³-hybridized carbons (Fsp3) is 0.438. The summed E-state index contributed by atoms with van der Waals surface area (Å²) >= 11 is 0. The molecule has 0 aliphatic carbocycles. The van der Waals surface area contributed by atoms with E-state index in [0.717, 1.165) is 22.9 Å². The monoisotopic (exact) mass is 258 g/mol. The molecule has 3 nitrogen and oxygen atoms in total. The summed E-state index contributed by atoms with van der Waals surface area (Å²) < 4.78 is 5.85. The zero-order valence-electron chi connectivity index (χ0n) is 11.9. The van der Waals surface area contributed by atoms with E-state index in [-0.39, 0.29) is 11.6 Å². The van der Waals surface area contributed by atoms with Crippen LogP contribution in [0.2, 0.25) is 0 Å². The van der Waals surface area contributed by atoms with Crippen LogP contribution in [0.1, 0.15) is 38.8 Å². The molecule has 0 bridgehead atoms. The number of ether oxygens (including phenoxy) is 1. The van der Waals surface area contributed by atoms with Crippen LogP contribution in [0.15, 0.2) is 36.5 Å². The van der Waals surface area contributed by atoms with Crippen LogP contribution < -0.4 is 5.73 Å². The van der Waals surface area contributed by atoms with Crippen molar-refractivity contribution in [2.75, 3.05) is 6.61 Å². The number of rotatable bonds is 5. The minimum absolute atomic E-state index is 0.172. The molecule has 0 spiro atoms. The molecule has 2 aromatic rings. The largest absolute Gasteiger partial charge is 0.374 e. The number of aromatic nitrogens is 1. The number of hydrogen-bond acceptors (Lipinski definition) is 3. The Bertz CT molecular complexity index is 555. The SMILES string of the molecule is CCOC(C)(CC)C(N)c1cnc2ccccc2c1. The first kappa shape index (κ1) is 14.0. The molecular weight excluding hydrogens is 236 g/mol. The van der Waals surface area contributed by atoms with Gasteiger partial charge in [-0.15, -0.1) is 0 Å². The third-order valence-electron chi connectivity index (χ3n) is 3.80. The van der Waals surface area contributed by atoms with Crippen molar-refractivity contribution in [3.8, 4) is 0 Å². The van der Waals surface area contributed by atoms with E-state index in [1.54, 1.807) is 0 Å². The van der Waals surface area contributed by atoms with Crippen LogP contribution in [0.3, 0.4) is 0 Å². The fourth-order valence-electron chi connectivity index (χ4n) is 2.35. The Morgan fingerprint density at radius 2 is 2.05 bits per heavy atom. The van der Waals surface area contributed by atoms with Crippen molar-refractivity contribution in [2.45, 2.75) is 38.8 Å². The van der Waals surface area contributed by atoms with Gasteiger partial charge < -0.3 is 10.5 Å². The molecule has 2 unspecified atom stereocenters. The summed E-state index contributed by atoms with van der Waals surface area (Å²) in [6, 6.07) is 10.0. The van der Waals surface area contributed by atoms with E-state index in [2.05, 4.69) is 31.0 Å². The average Bonchev–Trinajstić information content (AvgIpc) is 2.46. The van der Waals surface area contributed by atoms with Gasteiger partial charge in [0, 0.05) is 18.2 Å². The molecule has 1 heterocycles. The number of nitrogens with zero attached hydrogens (tertiary/aromatic N) is 1. The minimum Gasteiger partial charge on any atom is -0.374 e. The van der Waals surface area contributed by atoms with Gasteiger partial charge in [-0.2, -0.15) is 0 Å². The van der Waals surface area contributed by atoms with Crippen molar-refractivity contribution in [2.24, 2.45) is 5.73 Å². The zero-order chi connectivity index (χ0) is 13.9. The van der Waals surface area contributed by atoms with E-state index in [0.29, 0.717) is 6.61 Å². The van der Waals surface area contributed by atoms with Crippen LogP contribution in [0.5, 0.6) is 0 Å². The molecule has 0 saturated heterocycles. The van der Waals surface area contributed by atoms with Gasteiger partial charge in [0.1, 0.15) is 0 Å². The molecule has 19 heavy (non-hydrogen) atoms. The van der Waals surface area contributed by atoms with Crippen molar-refractivity contribution in [3.05, 3.63) is 42.1 Å². The van der Waals surface area contributed by atoms with Gasteiger partial charge in [-0.25, -0.2) is 0 Å². The molecule has 0 amide bonds. The second-order valence-electron chi connectivity index (χ2n) is 5.04. The molecular formula is C16H22N2O. The first-order valence-electron chi connectivity index (χ1n) is 6.85. The van der Waals surface area contributed by atoms with Gasteiger partial charge in [0.15, 0.2) is 0 Å². The maximum absolute atomic E-state index is 6.40. The lowest BCUT2D eigenvalue weighted by Gasteiger charge is -2.34. The van der Waals surface area contributed by atoms with Crippen LogP contribution in [0.25, 0.3) is 10.9 Å². The lowest BCUT2D eigenvalue weighted by molar-refractivity contribution is -0.0472. The second kappa shape index (κ2) is 5.68. The summed E-state index contributed by atoms with van der Waals surface area (Å²) in [5.74, 6) is 0. The number of fused-ring (bicyclic) bond motifs is 1. The molecule has 0 fully saturated rings. The second-order valence-corrected chi connectivity index (χ2v) is 5.04. The first-order chi connectivity index (χ1) is 9.10. The van der Waals surface area contributed by atoms with Gasteiger partial charge >= 0.3 is 0 Å². The van der Waals surface area contributed by atoms with Crippen LogP contribution in [-0.2, 0) is 4.74 Å². The van der Waals surface area contributed by atoms with Crippen LogP contribution >= 0.6 is 0 Å². The summed E-state index contributed by atoms with van der Waals surface area (Å²) in [4.78, 5) is 4.47. The Kier molecular flexibility index (Phi) is 4.17. The van der Waals surface area contributed by atoms with E-state index in [4.69, 9.17) is 10.5 Å². The smallest absolute Gasteiger partial charge is 0.0844 e.